The van der Waals surface area contributed by atoms with Crippen molar-refractivity contribution in [2.24, 2.45) is 5.92 Å². The summed E-state index contributed by atoms with van der Waals surface area (Å²) < 4.78 is 5.34. The Hall–Kier alpha value is -1.75. The highest BCUT2D eigenvalue weighted by Gasteiger charge is 2.28. The summed E-state index contributed by atoms with van der Waals surface area (Å²) in [5.41, 5.74) is 1.27. The number of ether oxygens (including phenoxy) is 1. The number of ketones is 1. The normalized spacial score (nSPS) is 23.6. The van der Waals surface area contributed by atoms with E-state index in [0.29, 0.717) is 11.8 Å². The SMILES string of the molecule is CO[C@H]1CC[C@H](C(=O)c2ncnc3[nH]ccc23)CC1. The van der Waals surface area contributed by atoms with Crippen LogP contribution in [-0.4, -0.2) is 33.9 Å². The van der Waals surface area contributed by atoms with E-state index in [1.807, 2.05) is 6.07 Å². The summed E-state index contributed by atoms with van der Waals surface area (Å²) in [5, 5.41) is 0.821. The average Bonchev–Trinajstić information content (AvgIpc) is 2.95. The third kappa shape index (κ3) is 2.26. The highest BCUT2D eigenvalue weighted by Crippen LogP contribution is 2.29. The summed E-state index contributed by atoms with van der Waals surface area (Å²) in [6.07, 6.45) is 7.22. The first-order valence-corrected chi connectivity index (χ1v) is 6.64. The minimum atomic E-state index is 0.0689. The number of hydrogen-bond donors (Lipinski definition) is 1. The predicted molar refractivity (Wildman–Crippen MR) is 71.0 cm³/mol. The fraction of sp³-hybridized carbons (Fsp3) is 0.500. The van der Waals surface area contributed by atoms with Crippen molar-refractivity contribution in [2.75, 3.05) is 7.11 Å². The Bertz CT molecular complexity index is 585. The van der Waals surface area contributed by atoms with Crippen LogP contribution in [0.3, 0.4) is 0 Å². The maximum atomic E-state index is 12.6. The van der Waals surface area contributed by atoms with Gasteiger partial charge < -0.3 is 9.72 Å². The molecule has 0 aliphatic heterocycles. The Morgan fingerprint density at radius 1 is 1.32 bits per heavy atom. The van der Waals surface area contributed by atoms with Crippen molar-refractivity contribution < 1.29 is 9.53 Å². The number of fused-ring (bicyclic) bond motifs is 1. The molecule has 1 saturated carbocycles. The molecule has 0 radical (unpaired) electrons. The quantitative estimate of drug-likeness (QED) is 0.859. The molecule has 2 aromatic heterocycles. The lowest BCUT2D eigenvalue weighted by atomic mass is 9.83. The van der Waals surface area contributed by atoms with Gasteiger partial charge in [0.25, 0.3) is 0 Å². The largest absolute Gasteiger partial charge is 0.381 e. The van der Waals surface area contributed by atoms with Crippen LogP contribution in [0.25, 0.3) is 11.0 Å². The summed E-state index contributed by atoms with van der Waals surface area (Å²) in [7, 11) is 1.74. The molecule has 5 heteroatoms. The second kappa shape index (κ2) is 5.09. The fourth-order valence-electron chi connectivity index (χ4n) is 2.82. The van der Waals surface area contributed by atoms with E-state index in [1.54, 1.807) is 13.3 Å². The Balaban J connectivity index is 1.82. The number of methoxy groups -OCH3 is 1. The van der Waals surface area contributed by atoms with Crippen LogP contribution in [-0.2, 0) is 4.74 Å². The van der Waals surface area contributed by atoms with E-state index in [2.05, 4.69) is 15.0 Å². The van der Waals surface area contributed by atoms with E-state index >= 15 is 0 Å². The summed E-state index contributed by atoms with van der Waals surface area (Å²) in [5.74, 6) is 0.209. The molecule has 1 aliphatic carbocycles. The van der Waals surface area contributed by atoms with Crippen LogP contribution in [0.1, 0.15) is 36.2 Å². The van der Waals surface area contributed by atoms with Crippen LogP contribution in [0.15, 0.2) is 18.6 Å². The Morgan fingerprint density at radius 3 is 2.84 bits per heavy atom. The van der Waals surface area contributed by atoms with Crippen LogP contribution in [0, 0.1) is 5.92 Å². The molecule has 5 nitrogen and oxygen atoms in total. The Kier molecular flexibility index (Phi) is 3.29. The maximum Gasteiger partial charge on any atom is 0.185 e. The van der Waals surface area contributed by atoms with E-state index < -0.39 is 0 Å². The number of nitrogens with one attached hydrogen (secondary N) is 1. The van der Waals surface area contributed by atoms with Gasteiger partial charge in [0.15, 0.2) is 5.78 Å². The highest BCUT2D eigenvalue weighted by molar-refractivity contribution is 6.05. The first-order valence-electron chi connectivity index (χ1n) is 6.64. The van der Waals surface area contributed by atoms with Gasteiger partial charge in [-0.2, -0.15) is 0 Å². The minimum Gasteiger partial charge on any atom is -0.381 e. The topological polar surface area (TPSA) is 67.9 Å². The third-order valence-electron chi connectivity index (χ3n) is 3.97. The van der Waals surface area contributed by atoms with Crippen molar-refractivity contribution in [3.8, 4) is 0 Å². The van der Waals surface area contributed by atoms with Crippen molar-refractivity contribution in [1.29, 1.82) is 0 Å². The number of H-pyrrole nitrogens is 1. The second-order valence-electron chi connectivity index (χ2n) is 5.04. The molecule has 1 N–H and O–H groups in total. The van der Waals surface area contributed by atoms with Gasteiger partial charge in [0.2, 0.25) is 0 Å². The lowest BCUT2D eigenvalue weighted by Crippen LogP contribution is -2.26. The highest BCUT2D eigenvalue weighted by atomic mass is 16.5. The molecule has 2 heterocycles. The van der Waals surface area contributed by atoms with E-state index in [1.165, 1.54) is 6.33 Å². The third-order valence-corrected chi connectivity index (χ3v) is 3.97. The number of rotatable bonds is 3. The molecule has 100 valence electrons. The zero-order valence-electron chi connectivity index (χ0n) is 10.9. The standard InChI is InChI=1S/C14H17N3O2/c1-19-10-4-2-9(3-5-10)13(18)12-11-6-7-15-14(11)17-8-16-12/h6-10H,2-5H2,1H3,(H,15,16,17)/t9-,10-. The van der Waals surface area contributed by atoms with Gasteiger partial charge in [-0.3, -0.25) is 4.79 Å². The zero-order valence-corrected chi connectivity index (χ0v) is 10.9. The van der Waals surface area contributed by atoms with Gasteiger partial charge in [0.1, 0.15) is 17.7 Å². The van der Waals surface area contributed by atoms with Gasteiger partial charge in [-0.15, -0.1) is 0 Å². The number of hydrogen-bond acceptors (Lipinski definition) is 4. The lowest BCUT2D eigenvalue weighted by molar-refractivity contribution is 0.0518. The molecule has 0 amide bonds. The molecule has 3 rings (SSSR count). The number of carbonyl (C=O) groups is 1. The molecule has 1 aliphatic rings. The Labute approximate surface area is 111 Å². The number of aromatic amines is 1. The first kappa shape index (κ1) is 12.3. The summed E-state index contributed by atoms with van der Waals surface area (Å²) in [6.45, 7) is 0. The first-order chi connectivity index (χ1) is 9.29. The molecule has 0 bridgehead atoms. The zero-order chi connectivity index (χ0) is 13.2. The predicted octanol–water partition coefficient (Wildman–Crippen LogP) is 2.35. The monoisotopic (exact) mass is 259 g/mol. The van der Waals surface area contributed by atoms with Crippen molar-refractivity contribution in [3.63, 3.8) is 0 Å². The van der Waals surface area contributed by atoms with Gasteiger partial charge >= 0.3 is 0 Å². The van der Waals surface area contributed by atoms with Gasteiger partial charge in [-0.25, -0.2) is 9.97 Å². The van der Waals surface area contributed by atoms with Crippen LogP contribution in [0.5, 0.6) is 0 Å². The number of aromatic nitrogens is 3. The molecule has 1 fully saturated rings. The smallest absolute Gasteiger partial charge is 0.185 e. The number of carbonyl (C=O) groups excluding carboxylic acids is 1. The average molecular weight is 259 g/mol. The lowest BCUT2D eigenvalue weighted by Gasteiger charge is -2.26. The summed E-state index contributed by atoms with van der Waals surface area (Å²) in [6, 6.07) is 1.86. The van der Waals surface area contributed by atoms with Crippen LogP contribution in [0.4, 0.5) is 0 Å². The van der Waals surface area contributed by atoms with Crippen LogP contribution in [0.2, 0.25) is 0 Å². The van der Waals surface area contributed by atoms with Gasteiger partial charge in [0.05, 0.1) is 6.10 Å². The van der Waals surface area contributed by atoms with Crippen LogP contribution >= 0.6 is 0 Å². The maximum absolute atomic E-state index is 12.6. The van der Waals surface area contributed by atoms with Crippen molar-refractivity contribution >= 4 is 16.8 Å². The van der Waals surface area contributed by atoms with Gasteiger partial charge in [-0.05, 0) is 31.7 Å². The molecule has 0 unspecified atom stereocenters. The van der Waals surface area contributed by atoms with E-state index in [9.17, 15) is 4.79 Å². The van der Waals surface area contributed by atoms with Crippen molar-refractivity contribution in [1.82, 2.24) is 15.0 Å². The molecule has 0 atom stereocenters. The molecule has 0 saturated heterocycles. The molecule has 19 heavy (non-hydrogen) atoms. The summed E-state index contributed by atoms with van der Waals surface area (Å²) in [4.78, 5) is 23.9. The van der Waals surface area contributed by atoms with Crippen molar-refractivity contribution in [2.45, 2.75) is 31.8 Å². The fourth-order valence-corrected chi connectivity index (χ4v) is 2.82. The molecule has 0 aromatic carbocycles. The van der Waals surface area contributed by atoms with Gasteiger partial charge in [0, 0.05) is 24.6 Å². The molecular formula is C14H17N3O2. The number of nitrogens with zero attached hydrogens (tertiary/aromatic N) is 2. The second-order valence-corrected chi connectivity index (χ2v) is 5.04. The molecule has 0 spiro atoms. The van der Waals surface area contributed by atoms with E-state index in [4.69, 9.17) is 4.74 Å². The minimum absolute atomic E-state index is 0.0689. The van der Waals surface area contributed by atoms with E-state index in [0.717, 1.165) is 36.7 Å². The van der Waals surface area contributed by atoms with E-state index in [-0.39, 0.29) is 11.7 Å². The Morgan fingerprint density at radius 2 is 2.11 bits per heavy atom. The molecular weight excluding hydrogens is 242 g/mol. The number of Topliss-reactive ketones (excluding diaryl/α,β-unsaturated/α-hetero) is 1. The van der Waals surface area contributed by atoms with Gasteiger partial charge in [-0.1, -0.05) is 0 Å². The molecule has 2 aromatic rings. The van der Waals surface area contributed by atoms with Crippen molar-refractivity contribution in [3.05, 3.63) is 24.3 Å². The van der Waals surface area contributed by atoms with Crippen LogP contribution < -0.4 is 0 Å². The summed E-state index contributed by atoms with van der Waals surface area (Å²) >= 11 is 0.